The van der Waals surface area contributed by atoms with E-state index in [0.29, 0.717) is 12.8 Å². The minimum atomic E-state index is -0.670. The predicted molar refractivity (Wildman–Crippen MR) is 127 cm³/mol. The Bertz CT molecular complexity index is 399. The molecule has 2 radical (unpaired) electrons. The van der Waals surface area contributed by atoms with E-state index in [9.17, 15) is 14.7 Å². The molecule has 0 spiro atoms. The number of aliphatic hydroxyl groups is 1. The number of allylic oxidation sites excluding steroid dienone is 2. The number of unbranched alkanes of at least 4 members (excludes halogenated alkanes) is 7. The van der Waals surface area contributed by atoms with Crippen LogP contribution in [0.15, 0.2) is 12.2 Å². The Morgan fingerprint density at radius 2 is 1.50 bits per heavy atom. The monoisotopic (exact) mass is 536 g/mol. The van der Waals surface area contributed by atoms with Gasteiger partial charge >= 0.3 is 39.8 Å². The van der Waals surface area contributed by atoms with Crippen LogP contribution in [-0.4, -0.2) is 57.4 Å². The fraction of sp³-hybridized carbons (Fsp3) is 0.833. The molecule has 2 unspecified atom stereocenters. The van der Waals surface area contributed by atoms with Crippen molar-refractivity contribution in [1.82, 2.24) is 0 Å². The van der Waals surface area contributed by atoms with Crippen molar-refractivity contribution in [1.29, 1.82) is 0 Å². The quantitative estimate of drug-likeness (QED) is 0.105. The van der Waals surface area contributed by atoms with Crippen molar-refractivity contribution >= 4 is 35.0 Å². The van der Waals surface area contributed by atoms with E-state index in [4.69, 9.17) is 9.84 Å². The van der Waals surface area contributed by atoms with Crippen LogP contribution < -0.4 is 0 Å². The minimum absolute atomic E-state index is 0.302. The van der Waals surface area contributed by atoms with Crippen molar-refractivity contribution in [3.8, 4) is 0 Å². The van der Waals surface area contributed by atoms with E-state index in [1.54, 1.807) is 23.0 Å². The number of hydrogen-bond donors (Lipinski definition) is 2. The van der Waals surface area contributed by atoms with Crippen molar-refractivity contribution in [3.05, 3.63) is 12.2 Å². The van der Waals surface area contributed by atoms with Gasteiger partial charge < -0.3 is 14.9 Å². The summed E-state index contributed by atoms with van der Waals surface area (Å²) in [5, 5.41) is 18.3. The molecule has 30 heavy (non-hydrogen) atoms. The van der Waals surface area contributed by atoms with Gasteiger partial charge in [0, 0.05) is 13.3 Å². The summed E-state index contributed by atoms with van der Waals surface area (Å²) in [5.41, 5.74) is 0. The van der Waals surface area contributed by atoms with Gasteiger partial charge in [0.15, 0.2) is 0 Å². The van der Waals surface area contributed by atoms with Gasteiger partial charge in [-0.3, -0.25) is 9.59 Å². The van der Waals surface area contributed by atoms with Crippen LogP contribution >= 0.6 is 0 Å². The summed E-state index contributed by atoms with van der Waals surface area (Å²) in [5.74, 6) is -0.972. The van der Waals surface area contributed by atoms with Gasteiger partial charge in [-0.15, -0.1) is 0 Å². The van der Waals surface area contributed by atoms with E-state index in [1.807, 2.05) is 13.0 Å². The fourth-order valence-corrected chi connectivity index (χ4v) is 2.82. The Balaban J connectivity index is -0.000000514. The zero-order chi connectivity index (χ0) is 23.6. The van der Waals surface area contributed by atoms with E-state index in [0.717, 1.165) is 51.4 Å². The van der Waals surface area contributed by atoms with Crippen LogP contribution in [0.4, 0.5) is 0 Å². The number of hydrogen-bond acceptors (Lipinski definition) is 4. The standard InChI is InChI=1S/C15H28O3.C8H16O2.CH3.Sb/c1-4-6-8-10-11-14(17)15(18-13(3)16)12-9-7-5-2;1-2-3-4-5-6-7-8(9)10;;/h4,6,14-15,17H,5,7-12H2,1-3H3;2-7H2,1H3,(H,9,10);1H3;/b6-4+;;;. The number of aliphatic carboxylic acids is 1. The Labute approximate surface area is 199 Å². The molecule has 0 aromatic heterocycles. The first-order valence-corrected chi connectivity index (χ1v) is 14.1. The zero-order valence-corrected chi connectivity index (χ0v) is 22.6. The summed E-state index contributed by atoms with van der Waals surface area (Å²) in [6.45, 7) is 7.67. The molecule has 5 nitrogen and oxygen atoms in total. The van der Waals surface area contributed by atoms with Gasteiger partial charge in [0.05, 0.1) is 6.10 Å². The molecule has 2 N–H and O–H groups in total. The molecule has 0 rings (SSSR count). The molecule has 0 aromatic carbocycles. The maximum absolute atomic E-state index is 11.0. The third kappa shape index (κ3) is 29.7. The Hall–Kier alpha value is -0.542. The molecule has 0 amide bonds. The van der Waals surface area contributed by atoms with Crippen LogP contribution in [0.1, 0.15) is 111 Å². The predicted octanol–water partition coefficient (Wildman–Crippen LogP) is 6.24. The number of carbonyl (C=O) groups excluding carboxylic acids is 1. The fourth-order valence-electron chi connectivity index (χ4n) is 2.82. The molecule has 0 aliphatic rings. The second-order valence-corrected chi connectivity index (χ2v) is 7.27. The summed E-state index contributed by atoms with van der Waals surface area (Å²) in [7, 11) is 0. The first kappa shape index (κ1) is 34.1. The SMILES string of the molecule is C/C=C/CCCC(O)C(CCCCC)OC(C)=O.CCCCCCCC(=O)O.[CH3][Sb]. The van der Waals surface area contributed by atoms with E-state index < -0.39 is 12.1 Å². The summed E-state index contributed by atoms with van der Waals surface area (Å²) < 4.78 is 5.21. The van der Waals surface area contributed by atoms with Crippen molar-refractivity contribution in [2.24, 2.45) is 0 Å². The van der Waals surface area contributed by atoms with Gasteiger partial charge in [-0.1, -0.05) is 64.5 Å². The van der Waals surface area contributed by atoms with E-state index >= 15 is 0 Å². The van der Waals surface area contributed by atoms with Gasteiger partial charge in [-0.05, 0) is 45.4 Å². The molecule has 0 bridgehead atoms. The molecule has 2 atom stereocenters. The molecule has 0 heterocycles. The first-order chi connectivity index (χ1) is 14.4. The number of esters is 1. The molecule has 0 saturated carbocycles. The van der Waals surface area contributed by atoms with Crippen LogP contribution in [0.2, 0.25) is 4.87 Å². The average molecular weight is 537 g/mol. The summed E-state index contributed by atoms with van der Waals surface area (Å²) in [6.07, 6.45) is 15.7. The Morgan fingerprint density at radius 1 is 0.933 bits per heavy atom. The second-order valence-electron chi connectivity index (χ2n) is 7.27. The van der Waals surface area contributed by atoms with Crippen molar-refractivity contribution in [3.63, 3.8) is 0 Å². The van der Waals surface area contributed by atoms with E-state index in [1.165, 1.54) is 26.2 Å². The van der Waals surface area contributed by atoms with Crippen LogP contribution in [-0.2, 0) is 14.3 Å². The topological polar surface area (TPSA) is 83.8 Å². The molecule has 6 heteroatoms. The summed E-state index contributed by atoms with van der Waals surface area (Å²) in [4.78, 5) is 23.1. The Morgan fingerprint density at radius 3 is 2.00 bits per heavy atom. The molecule has 178 valence electrons. The third-order valence-corrected chi connectivity index (χ3v) is 4.44. The number of carboxylic acid groups (broad SMARTS) is 1. The van der Waals surface area contributed by atoms with Crippen LogP contribution in [0, 0.1) is 0 Å². The molecular weight excluding hydrogens is 490 g/mol. The van der Waals surface area contributed by atoms with Crippen LogP contribution in [0.5, 0.6) is 0 Å². The van der Waals surface area contributed by atoms with Crippen molar-refractivity contribution < 1.29 is 24.5 Å². The number of carboxylic acids is 1. The number of ether oxygens (including phenoxy) is 1. The van der Waals surface area contributed by atoms with E-state index in [-0.39, 0.29) is 12.1 Å². The average Bonchev–Trinajstić information content (AvgIpc) is 2.72. The van der Waals surface area contributed by atoms with Crippen molar-refractivity contribution in [2.75, 3.05) is 0 Å². The Kier molecular flexibility index (Phi) is 32.3. The molecule has 0 aromatic rings. The summed E-state index contributed by atoms with van der Waals surface area (Å²) >= 11 is 1.75. The molecular formula is C24H47O5Sb. The first-order valence-electron chi connectivity index (χ1n) is 11.5. The molecule has 0 saturated heterocycles. The van der Waals surface area contributed by atoms with E-state index in [2.05, 4.69) is 24.8 Å². The number of aliphatic hydroxyl groups excluding tert-OH is 1. The maximum atomic E-state index is 11.0. The molecule has 0 aliphatic heterocycles. The molecule has 0 aliphatic carbocycles. The van der Waals surface area contributed by atoms with Gasteiger partial charge in [0.1, 0.15) is 6.10 Å². The summed E-state index contributed by atoms with van der Waals surface area (Å²) in [6, 6.07) is 0. The van der Waals surface area contributed by atoms with Crippen LogP contribution in [0.25, 0.3) is 0 Å². The second kappa shape index (κ2) is 28.5. The normalized spacial score (nSPS) is 12.2. The van der Waals surface area contributed by atoms with Gasteiger partial charge in [0.2, 0.25) is 0 Å². The van der Waals surface area contributed by atoms with Gasteiger partial charge in [0.25, 0.3) is 0 Å². The molecule has 0 fully saturated rings. The number of carbonyl (C=O) groups is 2. The number of rotatable bonds is 16. The van der Waals surface area contributed by atoms with Gasteiger partial charge in [-0.2, -0.15) is 0 Å². The third-order valence-electron chi connectivity index (χ3n) is 4.44. The van der Waals surface area contributed by atoms with Gasteiger partial charge in [-0.25, -0.2) is 0 Å². The van der Waals surface area contributed by atoms with Crippen LogP contribution in [0.3, 0.4) is 0 Å². The zero-order valence-electron chi connectivity index (χ0n) is 20.1. The van der Waals surface area contributed by atoms with Crippen molar-refractivity contribution in [2.45, 2.75) is 128 Å².